The number of hydrogen-bond acceptors (Lipinski definition) is 3. The summed E-state index contributed by atoms with van der Waals surface area (Å²) in [5.41, 5.74) is 2.16. The molecule has 0 atom stereocenters. The summed E-state index contributed by atoms with van der Waals surface area (Å²) in [7, 11) is 0. The number of thiocarbonyl (C=S) groups is 1. The summed E-state index contributed by atoms with van der Waals surface area (Å²) in [6, 6.07) is 20.8. The van der Waals surface area contributed by atoms with Crippen LogP contribution in [0.15, 0.2) is 60.7 Å². The van der Waals surface area contributed by atoms with Crippen molar-refractivity contribution in [2.75, 3.05) is 19.7 Å². The number of hydrogen-bond donors (Lipinski definition) is 0. The van der Waals surface area contributed by atoms with Crippen LogP contribution in [0.3, 0.4) is 0 Å². The summed E-state index contributed by atoms with van der Waals surface area (Å²) in [4.78, 5) is 3.18. The lowest BCUT2D eigenvalue weighted by molar-refractivity contribution is 0.269. The van der Waals surface area contributed by atoms with Gasteiger partial charge in [-0.05, 0) is 60.4 Å². The molecule has 144 valence electrons. The molecule has 4 heteroatoms. The third-order valence-electron chi connectivity index (χ3n) is 5.09. The van der Waals surface area contributed by atoms with Crippen LogP contribution in [0.25, 0.3) is 10.8 Å². The van der Waals surface area contributed by atoms with Crippen LogP contribution in [0.5, 0.6) is 11.5 Å². The number of nitrogens with zero attached hydrogens (tertiary/aromatic N) is 1. The molecule has 0 aliphatic carbocycles. The van der Waals surface area contributed by atoms with Gasteiger partial charge in [-0.2, -0.15) is 0 Å². The van der Waals surface area contributed by atoms with E-state index in [9.17, 15) is 0 Å². The fourth-order valence-corrected chi connectivity index (χ4v) is 3.93. The zero-order chi connectivity index (χ0) is 19.3. The summed E-state index contributed by atoms with van der Waals surface area (Å²) in [6.07, 6.45) is 2.43. The molecule has 0 spiro atoms. The van der Waals surface area contributed by atoms with E-state index >= 15 is 0 Å². The average molecular weight is 392 g/mol. The Morgan fingerprint density at radius 1 is 0.893 bits per heavy atom. The topological polar surface area (TPSA) is 21.7 Å². The lowest BCUT2D eigenvalue weighted by Crippen LogP contribution is -2.26. The van der Waals surface area contributed by atoms with Crippen molar-refractivity contribution < 1.29 is 9.47 Å². The SMILES string of the molecule is CCOc1cc(C(=S)N2CCCC2)ccc1OCc1ccc2ccccc2c1. The van der Waals surface area contributed by atoms with Gasteiger partial charge in [-0.25, -0.2) is 0 Å². The van der Waals surface area contributed by atoms with Gasteiger partial charge in [0.1, 0.15) is 11.6 Å². The lowest BCUT2D eigenvalue weighted by Gasteiger charge is -2.20. The van der Waals surface area contributed by atoms with E-state index in [2.05, 4.69) is 47.4 Å². The number of benzene rings is 3. The molecule has 0 aromatic heterocycles. The van der Waals surface area contributed by atoms with Crippen molar-refractivity contribution in [3.8, 4) is 11.5 Å². The van der Waals surface area contributed by atoms with E-state index in [-0.39, 0.29) is 0 Å². The molecule has 3 aromatic carbocycles. The molecule has 1 fully saturated rings. The van der Waals surface area contributed by atoms with E-state index in [4.69, 9.17) is 21.7 Å². The van der Waals surface area contributed by atoms with Crippen molar-refractivity contribution >= 4 is 28.0 Å². The molecule has 0 radical (unpaired) electrons. The Bertz CT molecular complexity index is 979. The second-order valence-electron chi connectivity index (χ2n) is 7.06. The highest BCUT2D eigenvalue weighted by Crippen LogP contribution is 2.30. The zero-order valence-corrected chi connectivity index (χ0v) is 17.0. The zero-order valence-electron chi connectivity index (χ0n) is 16.2. The molecular formula is C24H25NO2S. The fraction of sp³-hybridized carbons (Fsp3) is 0.292. The Labute approximate surface area is 171 Å². The standard InChI is InChI=1S/C24H25NO2S/c1-2-26-23-16-21(24(28)25-13-5-6-14-25)11-12-22(23)27-17-18-9-10-19-7-3-4-8-20(19)15-18/h3-4,7-12,15-16H,2,5-6,13-14,17H2,1H3. The molecule has 0 N–H and O–H groups in total. The van der Waals surface area contributed by atoms with Crippen LogP contribution in [0.4, 0.5) is 0 Å². The molecule has 1 heterocycles. The van der Waals surface area contributed by atoms with Crippen molar-refractivity contribution in [1.29, 1.82) is 0 Å². The molecule has 28 heavy (non-hydrogen) atoms. The minimum atomic E-state index is 0.501. The second kappa shape index (κ2) is 8.61. The Morgan fingerprint density at radius 3 is 2.46 bits per heavy atom. The highest BCUT2D eigenvalue weighted by atomic mass is 32.1. The molecule has 3 aromatic rings. The second-order valence-corrected chi connectivity index (χ2v) is 7.45. The summed E-state index contributed by atoms with van der Waals surface area (Å²) in [5.74, 6) is 1.50. The number of likely N-dealkylation sites (tertiary alicyclic amines) is 1. The molecule has 1 saturated heterocycles. The quantitative estimate of drug-likeness (QED) is 0.511. The van der Waals surface area contributed by atoms with Crippen LogP contribution >= 0.6 is 12.2 Å². The van der Waals surface area contributed by atoms with E-state index < -0.39 is 0 Å². The predicted molar refractivity (Wildman–Crippen MR) is 118 cm³/mol. The van der Waals surface area contributed by atoms with Gasteiger partial charge in [0.2, 0.25) is 0 Å². The average Bonchev–Trinajstić information content (AvgIpc) is 3.27. The Kier molecular flexibility index (Phi) is 5.77. The number of ether oxygens (including phenoxy) is 2. The number of fused-ring (bicyclic) bond motifs is 1. The van der Waals surface area contributed by atoms with Crippen LogP contribution < -0.4 is 9.47 Å². The predicted octanol–water partition coefficient (Wildman–Crippen LogP) is 5.59. The Hall–Kier alpha value is -2.59. The van der Waals surface area contributed by atoms with Crippen LogP contribution in [0, 0.1) is 0 Å². The van der Waals surface area contributed by atoms with Crippen molar-refractivity contribution in [1.82, 2.24) is 4.90 Å². The number of rotatable bonds is 6. The van der Waals surface area contributed by atoms with E-state index in [0.717, 1.165) is 40.7 Å². The molecule has 1 aliphatic heterocycles. The van der Waals surface area contributed by atoms with Gasteiger partial charge >= 0.3 is 0 Å². The highest BCUT2D eigenvalue weighted by Gasteiger charge is 2.18. The third kappa shape index (κ3) is 4.12. The summed E-state index contributed by atoms with van der Waals surface area (Å²) >= 11 is 5.68. The summed E-state index contributed by atoms with van der Waals surface area (Å²) in [5, 5.41) is 2.46. The lowest BCUT2D eigenvalue weighted by atomic mass is 10.1. The first-order chi connectivity index (χ1) is 13.7. The van der Waals surface area contributed by atoms with Gasteiger partial charge in [0, 0.05) is 18.7 Å². The maximum absolute atomic E-state index is 6.10. The van der Waals surface area contributed by atoms with E-state index in [0.29, 0.717) is 13.2 Å². The van der Waals surface area contributed by atoms with Crippen molar-refractivity contribution in [2.45, 2.75) is 26.4 Å². The molecule has 0 saturated carbocycles. The smallest absolute Gasteiger partial charge is 0.161 e. The first kappa shape index (κ1) is 18.8. The van der Waals surface area contributed by atoms with Gasteiger partial charge < -0.3 is 14.4 Å². The molecular weight excluding hydrogens is 366 g/mol. The molecule has 4 rings (SSSR count). The first-order valence-corrected chi connectivity index (χ1v) is 10.3. The minimum Gasteiger partial charge on any atom is -0.490 e. The first-order valence-electron chi connectivity index (χ1n) is 9.91. The highest BCUT2D eigenvalue weighted by molar-refractivity contribution is 7.80. The van der Waals surface area contributed by atoms with Crippen molar-refractivity contribution in [3.05, 3.63) is 71.8 Å². The maximum atomic E-state index is 6.10. The summed E-state index contributed by atoms with van der Waals surface area (Å²) < 4.78 is 11.9. The van der Waals surface area contributed by atoms with Crippen LogP contribution in [0.2, 0.25) is 0 Å². The van der Waals surface area contributed by atoms with E-state index in [1.54, 1.807) is 0 Å². The molecule has 3 nitrogen and oxygen atoms in total. The van der Waals surface area contributed by atoms with Gasteiger partial charge in [0.05, 0.1) is 6.61 Å². The van der Waals surface area contributed by atoms with Crippen LogP contribution in [-0.2, 0) is 6.61 Å². The van der Waals surface area contributed by atoms with Gasteiger partial charge in [0.15, 0.2) is 11.5 Å². The molecule has 0 unspecified atom stereocenters. The monoisotopic (exact) mass is 391 g/mol. The van der Waals surface area contributed by atoms with Gasteiger partial charge in [-0.3, -0.25) is 0 Å². The largest absolute Gasteiger partial charge is 0.490 e. The van der Waals surface area contributed by atoms with Gasteiger partial charge in [-0.15, -0.1) is 0 Å². The van der Waals surface area contributed by atoms with Gasteiger partial charge in [0.25, 0.3) is 0 Å². The third-order valence-corrected chi connectivity index (χ3v) is 5.59. The van der Waals surface area contributed by atoms with Crippen LogP contribution in [0.1, 0.15) is 30.9 Å². The van der Waals surface area contributed by atoms with Crippen molar-refractivity contribution in [3.63, 3.8) is 0 Å². The fourth-order valence-electron chi connectivity index (χ4n) is 3.62. The van der Waals surface area contributed by atoms with Gasteiger partial charge in [-0.1, -0.05) is 48.6 Å². The van der Waals surface area contributed by atoms with E-state index in [1.807, 2.05) is 25.1 Å². The molecule has 0 amide bonds. The van der Waals surface area contributed by atoms with E-state index in [1.165, 1.54) is 23.6 Å². The minimum absolute atomic E-state index is 0.501. The van der Waals surface area contributed by atoms with Crippen molar-refractivity contribution in [2.24, 2.45) is 0 Å². The Morgan fingerprint density at radius 2 is 1.68 bits per heavy atom. The Balaban J connectivity index is 1.51. The molecule has 1 aliphatic rings. The summed E-state index contributed by atoms with van der Waals surface area (Å²) in [6.45, 7) is 5.16. The maximum Gasteiger partial charge on any atom is 0.161 e. The normalized spacial score (nSPS) is 13.7. The molecule has 0 bridgehead atoms. The van der Waals surface area contributed by atoms with Crippen LogP contribution in [-0.4, -0.2) is 29.6 Å².